The zero-order valence-corrected chi connectivity index (χ0v) is 55.0. The highest BCUT2D eigenvalue weighted by atomic mass is 15.3. The lowest BCUT2D eigenvalue weighted by molar-refractivity contribution is 0.147. The number of hydrogen-bond donors (Lipinski definition) is 0. The van der Waals surface area contributed by atoms with Crippen LogP contribution >= 0.6 is 0 Å². The smallest absolute Gasteiger partial charge is 0.247 e. The predicted octanol–water partition coefficient (Wildman–Crippen LogP) is 19.6. The summed E-state index contributed by atoms with van der Waals surface area (Å²) in [6.45, 7) is 50.8. The fourth-order valence-corrected chi connectivity index (χ4v) is 18.9. The molecule has 0 N–H and O–H groups in total. The first-order valence-corrected chi connectivity index (χ1v) is 33.0. The molecular formula is C79H103BN2. The lowest BCUT2D eigenvalue weighted by Gasteiger charge is -2.52. The van der Waals surface area contributed by atoms with Gasteiger partial charge in [0.1, 0.15) is 0 Å². The van der Waals surface area contributed by atoms with Gasteiger partial charge in [-0.25, -0.2) is 0 Å². The average molecular weight is 1090 g/mol. The Morgan fingerprint density at radius 1 is 0.439 bits per heavy atom. The Kier molecular flexibility index (Phi) is 12.3. The second-order valence-electron chi connectivity index (χ2n) is 34.2. The molecule has 3 atom stereocenters. The highest BCUT2D eigenvalue weighted by Crippen LogP contribution is 2.63. The number of fused-ring (bicyclic) bond motifs is 8. The zero-order chi connectivity index (χ0) is 58.7. The van der Waals surface area contributed by atoms with Gasteiger partial charge in [-0.15, -0.1) is 0 Å². The number of rotatable bonds is 5. The van der Waals surface area contributed by atoms with Gasteiger partial charge in [0.15, 0.2) is 0 Å². The minimum Gasteiger partial charge on any atom is -0.335 e. The van der Waals surface area contributed by atoms with Crippen molar-refractivity contribution in [3.8, 4) is 0 Å². The van der Waals surface area contributed by atoms with Crippen LogP contribution in [0.25, 0.3) is 0 Å². The van der Waals surface area contributed by atoms with E-state index in [0.717, 1.165) is 6.42 Å². The average Bonchev–Trinajstić information content (AvgIpc) is 3.49. The SMILES string of the molecule is Cc1cc(N2C3=C(CCC=C3)C3(C)CCCCC23C)cc2c1B(c1cc3c(cc1C(C)c1ccc4c(c1)C(C)(C)CCC4(C)C)C(C)(C)CCC3(C)C)c1cc3c(cc1N2c1ccc2c(c1)C(C)(C)CCC2(C)C)C(C)(C)CCC3(C)C. The molecule has 0 spiro atoms. The van der Waals surface area contributed by atoms with Gasteiger partial charge in [-0.3, -0.25) is 0 Å². The van der Waals surface area contributed by atoms with E-state index in [0.29, 0.717) is 0 Å². The number of anilines is 4. The van der Waals surface area contributed by atoms with Crippen molar-refractivity contribution in [2.75, 3.05) is 9.80 Å². The molecule has 432 valence electrons. The minimum absolute atomic E-state index is 0.00416. The molecule has 0 saturated heterocycles. The van der Waals surface area contributed by atoms with E-state index in [1.165, 1.54) is 162 Å². The molecule has 1 fully saturated rings. The molecule has 2 heterocycles. The first kappa shape index (κ1) is 56.4. The number of aryl methyl sites for hydroxylation is 1. The number of nitrogens with zero attached hydrogens (tertiary/aromatic N) is 2. The predicted molar refractivity (Wildman–Crippen MR) is 355 cm³/mol. The van der Waals surface area contributed by atoms with Gasteiger partial charge in [-0.1, -0.05) is 197 Å². The summed E-state index contributed by atoms with van der Waals surface area (Å²) in [6.07, 6.45) is 22.0. The van der Waals surface area contributed by atoms with Crippen molar-refractivity contribution in [2.24, 2.45) is 5.41 Å². The Labute approximate surface area is 498 Å². The molecule has 13 rings (SSSR count). The fourth-order valence-electron chi connectivity index (χ4n) is 18.9. The summed E-state index contributed by atoms with van der Waals surface area (Å²) in [5.41, 5.74) is 30.6. The van der Waals surface area contributed by atoms with Crippen LogP contribution in [0.4, 0.5) is 22.7 Å². The normalized spacial score (nSPS) is 27.2. The highest BCUT2D eigenvalue weighted by Gasteiger charge is 2.59. The molecule has 5 aromatic rings. The Hall–Kier alpha value is -4.76. The molecule has 2 aliphatic heterocycles. The van der Waals surface area contributed by atoms with Crippen LogP contribution in [0, 0.1) is 12.3 Å². The van der Waals surface area contributed by atoms with Gasteiger partial charge in [0.05, 0.1) is 5.54 Å². The summed E-state index contributed by atoms with van der Waals surface area (Å²) in [5, 5.41) is 0. The van der Waals surface area contributed by atoms with Crippen LogP contribution in [0.2, 0.25) is 0 Å². The molecule has 5 aromatic carbocycles. The summed E-state index contributed by atoms with van der Waals surface area (Å²) < 4.78 is 0. The second-order valence-corrected chi connectivity index (χ2v) is 34.2. The molecule has 6 aliphatic carbocycles. The second kappa shape index (κ2) is 17.9. The van der Waals surface area contributed by atoms with Crippen molar-refractivity contribution in [1.82, 2.24) is 0 Å². The lowest BCUT2D eigenvalue weighted by atomic mass is 9.32. The first-order valence-electron chi connectivity index (χ1n) is 33.0. The molecule has 82 heavy (non-hydrogen) atoms. The Balaban J connectivity index is 1.15. The van der Waals surface area contributed by atoms with Crippen LogP contribution in [0.3, 0.4) is 0 Å². The topological polar surface area (TPSA) is 6.48 Å². The van der Waals surface area contributed by atoms with Crippen molar-refractivity contribution in [3.05, 3.63) is 157 Å². The third-order valence-corrected chi connectivity index (χ3v) is 25.3. The molecule has 0 aromatic heterocycles. The third-order valence-electron chi connectivity index (χ3n) is 25.3. The highest BCUT2D eigenvalue weighted by molar-refractivity contribution is 6.98. The van der Waals surface area contributed by atoms with Crippen molar-refractivity contribution >= 4 is 45.9 Å². The molecular weight excluding hydrogens is 988 g/mol. The molecule has 1 saturated carbocycles. The van der Waals surface area contributed by atoms with E-state index in [-0.39, 0.29) is 66.9 Å². The van der Waals surface area contributed by atoms with Crippen LogP contribution in [0.15, 0.2) is 96.2 Å². The number of allylic oxidation sites excluding steroid dienone is 2. The van der Waals surface area contributed by atoms with Crippen LogP contribution < -0.4 is 26.2 Å². The molecule has 0 amide bonds. The summed E-state index contributed by atoms with van der Waals surface area (Å²) in [6, 6.07) is 32.2. The van der Waals surface area contributed by atoms with Gasteiger partial charge >= 0.3 is 0 Å². The maximum absolute atomic E-state index is 2.90. The summed E-state index contributed by atoms with van der Waals surface area (Å²) >= 11 is 0. The Bertz CT molecular complexity index is 3580. The van der Waals surface area contributed by atoms with Crippen molar-refractivity contribution in [2.45, 2.75) is 283 Å². The van der Waals surface area contributed by atoms with E-state index in [4.69, 9.17) is 0 Å². The Morgan fingerprint density at radius 2 is 0.915 bits per heavy atom. The molecule has 8 aliphatic rings. The standard InChI is InChI=1S/C79H103BN2/c1-49-41-53(82-66-26-22-21-25-57(66)78(19)31-23-24-32-79(78,82)20)44-68-69(49)80(64-46-61-60(74(11,12)37-38-75(61,13)14)45-54(64)50(2)51-27-29-55-58(42-51)72(7,8)35-33-70(55,3)4)65-47-62-63(77(17,18)40-39-76(62,15)16)48-67(65)81(68)52-28-30-56-59(43-52)73(9,10)36-34-71(56,5)6/h22,26-30,41-48,50H,21,23-25,31-40H2,1-20H3. The van der Waals surface area contributed by atoms with E-state index in [1.807, 2.05) is 0 Å². The summed E-state index contributed by atoms with van der Waals surface area (Å²) in [5.74, 6) is 0.174. The molecule has 0 radical (unpaired) electrons. The summed E-state index contributed by atoms with van der Waals surface area (Å²) in [7, 11) is 0. The van der Waals surface area contributed by atoms with E-state index in [1.54, 1.807) is 33.4 Å². The molecule has 3 heteroatoms. The van der Waals surface area contributed by atoms with E-state index in [9.17, 15) is 0 Å². The number of hydrogen-bond acceptors (Lipinski definition) is 2. The largest absolute Gasteiger partial charge is 0.335 e. The maximum atomic E-state index is 2.90. The maximum Gasteiger partial charge on any atom is 0.247 e. The fraction of sp³-hybridized carbons (Fsp3) is 0.570. The van der Waals surface area contributed by atoms with Gasteiger partial charge in [-0.05, 0) is 243 Å². The van der Waals surface area contributed by atoms with E-state index >= 15 is 0 Å². The third kappa shape index (κ3) is 8.10. The van der Waals surface area contributed by atoms with Crippen molar-refractivity contribution < 1.29 is 0 Å². The first-order chi connectivity index (χ1) is 38.1. The van der Waals surface area contributed by atoms with Crippen LogP contribution in [0.1, 0.15) is 289 Å². The van der Waals surface area contributed by atoms with Crippen LogP contribution in [0.5, 0.6) is 0 Å². The zero-order valence-electron chi connectivity index (χ0n) is 55.0. The van der Waals surface area contributed by atoms with E-state index < -0.39 is 0 Å². The quantitative estimate of drug-likeness (QED) is 0.159. The minimum atomic E-state index is -0.0175. The molecule has 2 nitrogen and oxygen atoms in total. The molecule has 3 unspecified atom stereocenters. The Morgan fingerprint density at radius 3 is 1.49 bits per heavy atom. The molecule has 0 bridgehead atoms. The summed E-state index contributed by atoms with van der Waals surface area (Å²) in [4.78, 5) is 5.74. The van der Waals surface area contributed by atoms with E-state index in [2.05, 4.69) is 233 Å². The van der Waals surface area contributed by atoms with Crippen LogP contribution in [-0.2, 0) is 43.3 Å². The van der Waals surface area contributed by atoms with Crippen LogP contribution in [-0.4, -0.2) is 12.3 Å². The van der Waals surface area contributed by atoms with Gasteiger partial charge < -0.3 is 9.80 Å². The number of benzene rings is 5. The van der Waals surface area contributed by atoms with Crippen molar-refractivity contribution in [1.29, 1.82) is 0 Å². The van der Waals surface area contributed by atoms with Gasteiger partial charge in [0.25, 0.3) is 0 Å². The van der Waals surface area contributed by atoms with Gasteiger partial charge in [0, 0.05) is 39.8 Å². The van der Waals surface area contributed by atoms with Gasteiger partial charge in [0.2, 0.25) is 6.71 Å². The van der Waals surface area contributed by atoms with Gasteiger partial charge in [-0.2, -0.15) is 0 Å². The monoisotopic (exact) mass is 1090 g/mol. The lowest BCUT2D eigenvalue weighted by Crippen LogP contribution is -2.60. The van der Waals surface area contributed by atoms with Crippen molar-refractivity contribution in [3.63, 3.8) is 0 Å².